The van der Waals surface area contributed by atoms with Crippen LogP contribution in [0, 0.1) is 0 Å². The average molecular weight is 687 g/mol. The molecule has 0 unspecified atom stereocenters. The van der Waals surface area contributed by atoms with E-state index >= 15 is 0 Å². The Hall–Kier alpha value is -6.16. The zero-order valence-corrected chi connectivity index (χ0v) is 28.3. The van der Waals surface area contributed by atoms with E-state index in [4.69, 9.17) is 24.1 Å². The molecule has 248 valence electrons. The summed E-state index contributed by atoms with van der Waals surface area (Å²) in [7, 11) is 0. The van der Waals surface area contributed by atoms with E-state index in [1.807, 2.05) is 73.2 Å². The maximum Gasteiger partial charge on any atom is 0.368 e. The van der Waals surface area contributed by atoms with Gasteiger partial charge in [-0.25, -0.2) is 9.97 Å². The molecule has 4 aromatic heterocycles. The van der Waals surface area contributed by atoms with E-state index in [9.17, 15) is 0 Å². The SMILES string of the molecule is c1ccc(SOOn2cc(-c3cnn(C(c4ccccc4)(c4ccccc4)c4ccccc4)c3)c3cc(-c4ccc5[n+](c4)CCO5)cnc32)cc1. The fourth-order valence-electron chi connectivity index (χ4n) is 6.92. The number of pyridine rings is 2. The minimum absolute atomic E-state index is 0.618. The van der Waals surface area contributed by atoms with Gasteiger partial charge in [-0.15, -0.1) is 4.73 Å². The summed E-state index contributed by atoms with van der Waals surface area (Å²) in [6.45, 7) is 1.49. The van der Waals surface area contributed by atoms with Crippen molar-refractivity contribution in [3.63, 3.8) is 0 Å². The summed E-state index contributed by atoms with van der Waals surface area (Å²) in [4.78, 5) is 11.7. The second-order valence-corrected chi connectivity index (χ2v) is 13.1. The highest BCUT2D eigenvalue weighted by atomic mass is 32.2. The van der Waals surface area contributed by atoms with Gasteiger partial charge in [-0.1, -0.05) is 114 Å². The number of nitrogens with zero attached hydrogens (tertiary/aromatic N) is 5. The zero-order valence-electron chi connectivity index (χ0n) is 27.4. The molecule has 0 saturated carbocycles. The Balaban J connectivity index is 1.19. The highest BCUT2D eigenvalue weighted by Crippen LogP contribution is 2.42. The Kier molecular flexibility index (Phi) is 8.04. The van der Waals surface area contributed by atoms with E-state index in [1.54, 1.807) is 4.73 Å². The Bertz CT molecular complexity index is 2340. The van der Waals surface area contributed by atoms with Crippen LogP contribution in [-0.4, -0.2) is 26.1 Å². The van der Waals surface area contributed by atoms with Gasteiger partial charge in [-0.3, -0.25) is 4.68 Å². The number of ether oxygens (including phenoxy) is 1. The van der Waals surface area contributed by atoms with Gasteiger partial charge in [0.05, 0.1) is 30.5 Å². The molecule has 0 bridgehead atoms. The Labute approximate surface area is 299 Å². The zero-order chi connectivity index (χ0) is 34.0. The van der Waals surface area contributed by atoms with E-state index in [0.717, 1.165) is 73.7 Å². The van der Waals surface area contributed by atoms with E-state index in [2.05, 4.69) is 107 Å². The second kappa shape index (κ2) is 13.3. The van der Waals surface area contributed by atoms with Crippen molar-refractivity contribution in [3.05, 3.63) is 187 Å². The first-order valence-corrected chi connectivity index (χ1v) is 17.5. The normalized spacial score (nSPS) is 12.5. The summed E-state index contributed by atoms with van der Waals surface area (Å²) in [6.07, 6.45) is 9.92. The quantitative estimate of drug-likeness (QED) is 0.0476. The molecule has 1 aliphatic heterocycles. The largest absolute Gasteiger partial charge is 0.438 e. The van der Waals surface area contributed by atoms with Gasteiger partial charge in [0.2, 0.25) is 0 Å². The van der Waals surface area contributed by atoms with Crippen molar-refractivity contribution >= 4 is 23.1 Å². The molecule has 0 N–H and O–H groups in total. The molecule has 4 aromatic carbocycles. The van der Waals surface area contributed by atoms with Crippen LogP contribution in [0.25, 0.3) is 33.3 Å². The van der Waals surface area contributed by atoms with Gasteiger partial charge in [-0.2, -0.15) is 9.67 Å². The third kappa shape index (κ3) is 5.62. The van der Waals surface area contributed by atoms with E-state index in [-0.39, 0.29) is 0 Å². The molecule has 5 heterocycles. The molecule has 9 heteroatoms. The van der Waals surface area contributed by atoms with Gasteiger partial charge < -0.3 is 4.74 Å². The van der Waals surface area contributed by atoms with Gasteiger partial charge >= 0.3 is 5.88 Å². The van der Waals surface area contributed by atoms with Crippen molar-refractivity contribution in [2.75, 3.05) is 6.61 Å². The smallest absolute Gasteiger partial charge is 0.368 e. The minimum atomic E-state index is -0.751. The lowest BCUT2D eigenvalue weighted by Crippen LogP contribution is -2.38. The molecule has 0 amide bonds. The first-order valence-electron chi connectivity index (χ1n) is 16.7. The van der Waals surface area contributed by atoms with Crippen LogP contribution in [0.15, 0.2) is 175 Å². The van der Waals surface area contributed by atoms with E-state index in [0.29, 0.717) is 12.3 Å². The summed E-state index contributed by atoms with van der Waals surface area (Å²) < 4.78 is 17.2. The van der Waals surface area contributed by atoms with Crippen molar-refractivity contribution in [2.45, 2.75) is 17.0 Å². The Morgan fingerprint density at radius 2 is 1.33 bits per heavy atom. The number of hydrogen-bond acceptors (Lipinski definition) is 6. The number of rotatable bonds is 10. The molecule has 51 heavy (non-hydrogen) atoms. The molecule has 8 nitrogen and oxygen atoms in total. The molecule has 0 radical (unpaired) electrons. The fourth-order valence-corrected chi connectivity index (χ4v) is 7.37. The molecule has 0 spiro atoms. The summed E-state index contributed by atoms with van der Waals surface area (Å²) in [5.74, 6) is 0.868. The van der Waals surface area contributed by atoms with Crippen LogP contribution in [0.2, 0.25) is 0 Å². The maximum atomic E-state index is 5.88. The predicted molar refractivity (Wildman–Crippen MR) is 197 cm³/mol. The van der Waals surface area contributed by atoms with Crippen LogP contribution in [0.1, 0.15) is 16.7 Å². The molecular formula is C42H32N5O3S+. The highest BCUT2D eigenvalue weighted by Gasteiger charge is 2.39. The molecule has 9 rings (SSSR count). The van der Waals surface area contributed by atoms with Crippen molar-refractivity contribution in [1.82, 2.24) is 19.5 Å². The van der Waals surface area contributed by atoms with Crippen LogP contribution in [0.5, 0.6) is 5.88 Å². The van der Waals surface area contributed by atoms with Gasteiger partial charge in [0.1, 0.15) is 5.54 Å². The first-order chi connectivity index (χ1) is 25.3. The van der Waals surface area contributed by atoms with Crippen LogP contribution < -0.4 is 14.3 Å². The molecule has 0 saturated heterocycles. The van der Waals surface area contributed by atoms with Gasteiger partial charge in [0, 0.05) is 44.9 Å². The molecule has 1 aliphatic rings. The van der Waals surface area contributed by atoms with Crippen LogP contribution in [-0.2, 0) is 16.4 Å². The summed E-state index contributed by atoms with van der Waals surface area (Å²) in [5, 5.41) is 6.02. The topological polar surface area (TPSA) is 67.2 Å². The van der Waals surface area contributed by atoms with Crippen LogP contribution in [0.3, 0.4) is 0 Å². The lowest BCUT2D eigenvalue weighted by molar-refractivity contribution is -0.679. The van der Waals surface area contributed by atoms with Crippen LogP contribution >= 0.6 is 12.0 Å². The minimum Gasteiger partial charge on any atom is -0.438 e. The predicted octanol–water partition coefficient (Wildman–Crippen LogP) is 8.15. The summed E-state index contributed by atoms with van der Waals surface area (Å²) >= 11 is 1.14. The molecule has 0 aliphatic carbocycles. The number of fused-ring (bicyclic) bond motifs is 2. The summed E-state index contributed by atoms with van der Waals surface area (Å²) in [5.41, 5.74) is 6.97. The average Bonchev–Trinajstić information content (AvgIpc) is 3.96. The van der Waals surface area contributed by atoms with Gasteiger partial charge in [-0.05, 0) is 41.0 Å². The van der Waals surface area contributed by atoms with Crippen molar-refractivity contribution in [3.8, 4) is 28.1 Å². The lowest BCUT2D eigenvalue weighted by atomic mass is 9.77. The van der Waals surface area contributed by atoms with E-state index < -0.39 is 5.54 Å². The Morgan fingerprint density at radius 1 is 0.686 bits per heavy atom. The van der Waals surface area contributed by atoms with Crippen LogP contribution in [0.4, 0.5) is 0 Å². The third-order valence-corrected chi connectivity index (χ3v) is 9.90. The molecule has 0 atom stereocenters. The first kappa shape index (κ1) is 30.9. The van der Waals surface area contributed by atoms with Gasteiger partial charge in [0.25, 0.3) is 0 Å². The standard InChI is InChI=1S/C42H32N5O3S/c1-5-13-34(14-6-1)42(35-15-7-2-8-16-35,36-17-9-3-10-18-36)47-29-33(27-44-47)39-30-46(49-50-51-37-19-11-4-12-20-37)41-38(39)25-32(26-43-41)31-21-22-40-45(28-31)23-24-48-40/h1-22,25-30H,23-24H2/q+1. The molecular weight excluding hydrogens is 655 g/mol. The highest BCUT2D eigenvalue weighted by molar-refractivity contribution is 7.94. The van der Waals surface area contributed by atoms with Crippen molar-refractivity contribution in [2.24, 2.45) is 0 Å². The lowest BCUT2D eigenvalue weighted by Gasteiger charge is -2.36. The number of benzene rings is 4. The molecule has 8 aromatic rings. The van der Waals surface area contributed by atoms with Crippen molar-refractivity contribution in [1.29, 1.82) is 0 Å². The fraction of sp³-hybridized carbons (Fsp3) is 0.0714. The monoisotopic (exact) mass is 686 g/mol. The van der Waals surface area contributed by atoms with E-state index in [1.165, 1.54) is 0 Å². The van der Waals surface area contributed by atoms with Crippen molar-refractivity contribution < 1.29 is 18.6 Å². The summed E-state index contributed by atoms with van der Waals surface area (Å²) in [6, 6.07) is 47.6. The second-order valence-electron chi connectivity index (χ2n) is 12.3. The molecule has 0 fully saturated rings. The van der Waals surface area contributed by atoms with Gasteiger partial charge in [0.15, 0.2) is 25.0 Å². The third-order valence-electron chi connectivity index (χ3n) is 9.31. The maximum absolute atomic E-state index is 5.88. The Morgan fingerprint density at radius 3 is 2.00 bits per heavy atom. The number of aromatic nitrogens is 5. The number of hydrogen-bond donors (Lipinski definition) is 0.